The summed E-state index contributed by atoms with van der Waals surface area (Å²) in [5.74, 6) is 3.11. The number of nitrogens with zero attached hydrogens (tertiary/aromatic N) is 4. The number of sulfonamides is 1. The highest BCUT2D eigenvalue weighted by Crippen LogP contribution is 2.59. The fraction of sp³-hybridized carbons (Fsp3) is 0.485. The average Bonchev–Trinajstić information content (AvgIpc) is 3.40. The van der Waals surface area contributed by atoms with E-state index in [9.17, 15) is 13.2 Å². The average molecular weight is 684 g/mol. The fourth-order valence-electron chi connectivity index (χ4n) is 6.77. The zero-order valence-electron chi connectivity index (χ0n) is 25.7. The fourth-order valence-corrected chi connectivity index (χ4v) is 8.82. The Hall–Kier alpha value is -3.02. The third kappa shape index (κ3) is 5.41. The van der Waals surface area contributed by atoms with E-state index < -0.39 is 15.6 Å². The van der Waals surface area contributed by atoms with E-state index >= 15 is 0 Å². The highest BCUT2D eigenvalue weighted by Gasteiger charge is 2.61. The van der Waals surface area contributed by atoms with Crippen LogP contribution in [0.15, 0.2) is 56.9 Å². The number of unbranched alkanes of at least 4 members (excludes halogenated alkanes) is 1. The van der Waals surface area contributed by atoms with Crippen LogP contribution in [-0.2, 0) is 31.4 Å². The first-order valence-corrected chi connectivity index (χ1v) is 17.8. The maximum Gasteiger partial charge on any atom is 0.268 e. The van der Waals surface area contributed by atoms with Crippen molar-refractivity contribution < 1.29 is 22.5 Å². The first-order chi connectivity index (χ1) is 21.1. The molecule has 2 aliphatic carbocycles. The van der Waals surface area contributed by atoms with Crippen molar-refractivity contribution in [2.24, 2.45) is 16.8 Å². The largest absolute Gasteiger partial charge is 0.363 e. The summed E-state index contributed by atoms with van der Waals surface area (Å²) in [5.41, 5.74) is 3.33. The number of hydrogen-bond donors (Lipinski definition) is 0. The predicted octanol–water partition coefficient (Wildman–Crippen LogP) is 6.75. The Morgan fingerprint density at radius 2 is 1.89 bits per heavy atom. The van der Waals surface area contributed by atoms with Gasteiger partial charge < -0.3 is 9.26 Å². The summed E-state index contributed by atoms with van der Waals surface area (Å²) < 4.78 is 40.1. The second-order valence-electron chi connectivity index (χ2n) is 12.3. The number of amidine groups is 1. The van der Waals surface area contributed by atoms with Crippen LogP contribution >= 0.6 is 15.9 Å². The Bertz CT molecular complexity index is 1710. The van der Waals surface area contributed by atoms with Gasteiger partial charge in [0, 0.05) is 30.0 Å². The molecule has 1 amide bonds. The number of aryl methyl sites for hydroxylation is 1. The lowest BCUT2D eigenvalue weighted by Crippen LogP contribution is -2.41. The van der Waals surface area contributed by atoms with Crippen molar-refractivity contribution in [3.05, 3.63) is 64.9 Å². The number of carbonyl (C=O) groups is 1. The van der Waals surface area contributed by atoms with Crippen molar-refractivity contribution in [1.82, 2.24) is 10.1 Å². The molecule has 1 spiro atoms. The summed E-state index contributed by atoms with van der Waals surface area (Å²) in [6.07, 6.45) is 5.84. The number of rotatable bonds is 12. The van der Waals surface area contributed by atoms with Crippen LogP contribution in [0.5, 0.6) is 0 Å². The molecule has 9 nitrogen and oxygen atoms in total. The van der Waals surface area contributed by atoms with E-state index in [1.165, 1.54) is 13.5 Å². The topological polar surface area (TPSA) is 105 Å². The van der Waals surface area contributed by atoms with Gasteiger partial charge in [-0.15, -0.1) is 0 Å². The van der Waals surface area contributed by atoms with Gasteiger partial charge in [0.05, 0.1) is 11.4 Å². The van der Waals surface area contributed by atoms with E-state index in [4.69, 9.17) is 14.3 Å². The Morgan fingerprint density at radius 1 is 1.14 bits per heavy atom. The van der Waals surface area contributed by atoms with E-state index in [1.807, 2.05) is 29.2 Å². The molecule has 1 aromatic heterocycles. The minimum atomic E-state index is -4.09. The summed E-state index contributed by atoms with van der Waals surface area (Å²) in [6.45, 7) is 5.90. The number of hydrogen-bond acceptors (Lipinski definition) is 7. The van der Waals surface area contributed by atoms with Gasteiger partial charge in [0.25, 0.3) is 15.9 Å². The molecule has 6 rings (SSSR count). The van der Waals surface area contributed by atoms with Gasteiger partial charge in [0.15, 0.2) is 5.82 Å². The van der Waals surface area contributed by atoms with Crippen LogP contribution in [0.1, 0.15) is 67.9 Å². The zero-order chi connectivity index (χ0) is 31.2. The van der Waals surface area contributed by atoms with Crippen LogP contribution in [0.3, 0.4) is 0 Å². The Morgan fingerprint density at radius 3 is 2.55 bits per heavy atom. The van der Waals surface area contributed by atoms with Gasteiger partial charge in [-0.3, -0.25) is 14.7 Å². The van der Waals surface area contributed by atoms with Crippen LogP contribution in [0, 0.1) is 25.7 Å². The monoisotopic (exact) mass is 682 g/mol. The number of ether oxygens (including phenoxy) is 1. The molecule has 2 aromatic carbocycles. The lowest BCUT2D eigenvalue weighted by Gasteiger charge is -2.25. The van der Waals surface area contributed by atoms with E-state index in [-0.39, 0.29) is 23.4 Å². The number of alkyl halides is 1. The molecule has 2 atom stereocenters. The smallest absolute Gasteiger partial charge is 0.268 e. The number of halogens is 1. The number of fused-ring (bicyclic) bond motifs is 1. The molecule has 2 saturated carbocycles. The SMILES string of the molecule is CCCCC1=NC2(CC3CC3C2)C(=O)N1Cc1ccc(-c2ccccc2S(=O)(=O)N(COC)c2noc(C)c2C)c(CBr)c1. The van der Waals surface area contributed by atoms with Crippen molar-refractivity contribution in [3.63, 3.8) is 0 Å². The van der Waals surface area contributed by atoms with Gasteiger partial charge in [-0.1, -0.05) is 70.8 Å². The maximum atomic E-state index is 14.2. The van der Waals surface area contributed by atoms with Gasteiger partial charge >= 0.3 is 0 Å². The number of aromatic nitrogens is 1. The molecule has 2 fully saturated rings. The lowest BCUT2D eigenvalue weighted by atomic mass is 9.93. The number of aliphatic imine (C=N–C) groups is 1. The van der Waals surface area contributed by atoms with Crippen LogP contribution < -0.4 is 4.31 Å². The number of amides is 1. The Labute approximate surface area is 267 Å². The molecule has 234 valence electrons. The van der Waals surface area contributed by atoms with Gasteiger partial charge in [0.2, 0.25) is 0 Å². The van der Waals surface area contributed by atoms with Crippen LogP contribution in [0.4, 0.5) is 5.82 Å². The van der Waals surface area contributed by atoms with E-state index in [2.05, 4.69) is 34.1 Å². The van der Waals surface area contributed by atoms with Crippen LogP contribution in [-0.4, -0.2) is 49.6 Å². The minimum absolute atomic E-state index is 0.137. The van der Waals surface area contributed by atoms with E-state index in [0.29, 0.717) is 40.6 Å². The molecule has 0 saturated heterocycles. The lowest BCUT2D eigenvalue weighted by molar-refractivity contribution is -0.131. The number of anilines is 1. The first kappa shape index (κ1) is 31.0. The molecule has 0 radical (unpaired) electrons. The van der Waals surface area contributed by atoms with Gasteiger partial charge in [-0.05, 0) is 74.1 Å². The van der Waals surface area contributed by atoms with Crippen molar-refractivity contribution in [2.45, 2.75) is 81.6 Å². The first-order valence-electron chi connectivity index (χ1n) is 15.3. The molecule has 11 heteroatoms. The molecule has 3 aromatic rings. The number of methoxy groups -OCH3 is 1. The van der Waals surface area contributed by atoms with E-state index in [1.54, 1.807) is 26.0 Å². The number of carbonyl (C=O) groups excluding carboxylic acids is 1. The maximum absolute atomic E-state index is 14.2. The molecule has 0 N–H and O–H groups in total. The van der Waals surface area contributed by atoms with Crippen LogP contribution in [0.25, 0.3) is 11.1 Å². The molecule has 2 unspecified atom stereocenters. The Kier molecular flexibility index (Phi) is 8.49. The summed E-state index contributed by atoms with van der Waals surface area (Å²) in [6, 6.07) is 13.0. The second kappa shape index (κ2) is 12.1. The standard InChI is InChI=1S/C33H39BrN4O5S/c1-5-6-11-30-35-33(16-24-15-25(24)17-33)32(39)37(30)19-23-12-13-27(26(14-23)18-34)28-9-7-8-10-29(28)44(40,41)38(20-42-4)31-21(2)22(3)43-36-31/h7-10,12-14,24-25H,5-6,11,15-20H2,1-4H3. The third-order valence-electron chi connectivity index (χ3n) is 9.34. The van der Waals surface area contributed by atoms with Crippen molar-refractivity contribution >= 4 is 43.5 Å². The van der Waals surface area contributed by atoms with Crippen molar-refractivity contribution in [1.29, 1.82) is 0 Å². The minimum Gasteiger partial charge on any atom is -0.363 e. The summed E-state index contributed by atoms with van der Waals surface area (Å²) in [4.78, 5) is 21.0. The van der Waals surface area contributed by atoms with Gasteiger partial charge in [0.1, 0.15) is 23.9 Å². The normalized spacial score (nSPS) is 22.5. The van der Waals surface area contributed by atoms with Crippen molar-refractivity contribution in [2.75, 3.05) is 18.1 Å². The van der Waals surface area contributed by atoms with E-state index in [0.717, 1.165) is 58.9 Å². The summed E-state index contributed by atoms with van der Waals surface area (Å²) in [5, 5.41) is 4.53. The quantitative estimate of drug-likeness (QED) is 0.155. The molecule has 3 aliphatic rings. The van der Waals surface area contributed by atoms with Gasteiger partial charge in [-0.25, -0.2) is 12.7 Å². The molecule has 0 bridgehead atoms. The van der Waals surface area contributed by atoms with Crippen molar-refractivity contribution in [3.8, 4) is 11.1 Å². The highest BCUT2D eigenvalue weighted by molar-refractivity contribution is 9.08. The third-order valence-corrected chi connectivity index (χ3v) is 11.7. The summed E-state index contributed by atoms with van der Waals surface area (Å²) in [7, 11) is -2.65. The van der Waals surface area contributed by atoms with Gasteiger partial charge in [-0.2, -0.15) is 0 Å². The summed E-state index contributed by atoms with van der Waals surface area (Å²) >= 11 is 3.64. The van der Waals surface area contributed by atoms with Crippen LogP contribution in [0.2, 0.25) is 0 Å². The molecular weight excluding hydrogens is 644 g/mol. The molecule has 44 heavy (non-hydrogen) atoms. The predicted molar refractivity (Wildman–Crippen MR) is 173 cm³/mol. The molecule has 1 aliphatic heterocycles. The second-order valence-corrected chi connectivity index (χ2v) is 14.7. The highest BCUT2D eigenvalue weighted by atomic mass is 79.9. The molecular formula is C33H39BrN4O5S. The number of benzene rings is 2. The Balaban J connectivity index is 1.33. The zero-order valence-corrected chi connectivity index (χ0v) is 28.1. The molecule has 2 heterocycles.